The molecule has 10 heteroatoms. The van der Waals surface area contributed by atoms with Gasteiger partial charge in [0.25, 0.3) is 0 Å². The van der Waals surface area contributed by atoms with Gasteiger partial charge in [-0.25, -0.2) is 4.57 Å². The Morgan fingerprint density at radius 2 is 0.735 bits per heavy atom. The maximum Gasteiger partial charge on any atom is 0.472 e. The predicted molar refractivity (Wildman–Crippen MR) is 360 cm³/mol. The first-order valence-corrected chi connectivity index (χ1v) is 37.5. The van der Waals surface area contributed by atoms with Gasteiger partial charge in [-0.05, 0) is 89.5 Å². The first-order chi connectivity index (χ1) is 40.4. The molecule has 0 heterocycles. The maximum atomic E-state index is 13.6. The smallest absolute Gasteiger partial charge is 0.456 e. The highest BCUT2D eigenvalue weighted by atomic mass is 31.2. The van der Waals surface area contributed by atoms with Gasteiger partial charge in [0.05, 0.1) is 33.8 Å². The Balaban J connectivity index is 4.95. The van der Waals surface area contributed by atoms with Crippen LogP contribution < -0.4 is 5.32 Å². The number of carbonyl (C=O) groups is 2. The molecule has 2 N–H and O–H groups in total. The Bertz CT molecular complexity index is 1560. The summed E-state index contributed by atoms with van der Waals surface area (Å²) in [5.41, 5.74) is 0. The molecule has 0 radical (unpaired) electrons. The SMILES string of the molecule is CCCCC/C=C\C/C=C\CCCCCCCCCCCC(=O)OC(/C=C\CCCCCCCCCCC)C(COP(=O)(O)OCC[N+](C)(C)C)NC(=O)CCCCCCCCCCCCCCCCCCC/C=C/CCCCCCCC. The van der Waals surface area contributed by atoms with E-state index in [0.29, 0.717) is 17.4 Å². The highest BCUT2D eigenvalue weighted by Gasteiger charge is 2.30. The molecule has 3 unspecified atom stereocenters. The summed E-state index contributed by atoms with van der Waals surface area (Å²) in [5.74, 6) is -0.495. The van der Waals surface area contributed by atoms with Gasteiger partial charge in [-0.1, -0.05) is 301 Å². The number of nitrogens with one attached hydrogen (secondary N) is 1. The largest absolute Gasteiger partial charge is 0.472 e. The van der Waals surface area contributed by atoms with E-state index in [2.05, 4.69) is 62.5 Å². The van der Waals surface area contributed by atoms with Crippen LogP contribution >= 0.6 is 7.82 Å². The molecule has 0 saturated heterocycles. The fourth-order valence-electron chi connectivity index (χ4n) is 10.7. The number of quaternary nitrogens is 1. The van der Waals surface area contributed by atoms with E-state index >= 15 is 0 Å². The monoisotopic (exact) mass is 1190 g/mol. The predicted octanol–water partition coefficient (Wildman–Crippen LogP) is 22.8. The van der Waals surface area contributed by atoms with Crippen LogP contribution in [0.2, 0.25) is 0 Å². The van der Waals surface area contributed by atoms with Crippen molar-refractivity contribution in [3.05, 3.63) is 48.6 Å². The zero-order valence-corrected chi connectivity index (χ0v) is 56.8. The topological polar surface area (TPSA) is 111 Å². The van der Waals surface area contributed by atoms with Gasteiger partial charge in [0.2, 0.25) is 5.91 Å². The Morgan fingerprint density at radius 1 is 0.422 bits per heavy atom. The lowest BCUT2D eigenvalue weighted by Crippen LogP contribution is -2.47. The zero-order valence-electron chi connectivity index (χ0n) is 56.0. The molecule has 488 valence electrons. The summed E-state index contributed by atoms with van der Waals surface area (Å²) in [5, 5.41) is 3.07. The van der Waals surface area contributed by atoms with Crippen LogP contribution in [0.4, 0.5) is 0 Å². The van der Waals surface area contributed by atoms with Crippen molar-refractivity contribution in [1.29, 1.82) is 0 Å². The third-order valence-corrected chi connectivity index (χ3v) is 17.2. The van der Waals surface area contributed by atoms with Gasteiger partial charge in [0.1, 0.15) is 19.3 Å². The highest BCUT2D eigenvalue weighted by molar-refractivity contribution is 7.47. The summed E-state index contributed by atoms with van der Waals surface area (Å²) in [6.07, 6.45) is 79.9. The van der Waals surface area contributed by atoms with E-state index in [1.165, 1.54) is 257 Å². The number of likely N-dealkylation sites (N-methyl/N-ethyl adjacent to an activating group) is 1. The molecule has 0 fully saturated rings. The molecule has 0 aromatic heterocycles. The molecule has 0 aliphatic carbocycles. The molecule has 0 aliphatic rings. The lowest BCUT2D eigenvalue weighted by atomic mass is 10.0. The number of nitrogens with zero attached hydrogens (tertiary/aromatic N) is 1. The fraction of sp³-hybridized carbons (Fsp3) is 0.863. The number of esters is 1. The molecule has 83 heavy (non-hydrogen) atoms. The van der Waals surface area contributed by atoms with Gasteiger partial charge in [0.15, 0.2) is 0 Å². The number of phosphoric ester groups is 1. The van der Waals surface area contributed by atoms with Gasteiger partial charge >= 0.3 is 13.8 Å². The molecule has 0 bridgehead atoms. The van der Waals surface area contributed by atoms with E-state index in [9.17, 15) is 19.0 Å². The van der Waals surface area contributed by atoms with Crippen molar-refractivity contribution in [2.45, 2.75) is 367 Å². The number of phosphoric acid groups is 1. The van der Waals surface area contributed by atoms with Gasteiger partial charge in [-0.2, -0.15) is 0 Å². The highest BCUT2D eigenvalue weighted by Crippen LogP contribution is 2.43. The number of ether oxygens (including phenoxy) is 1. The van der Waals surface area contributed by atoms with E-state index in [0.717, 1.165) is 64.2 Å². The van der Waals surface area contributed by atoms with Crippen molar-refractivity contribution in [1.82, 2.24) is 5.32 Å². The lowest BCUT2D eigenvalue weighted by molar-refractivity contribution is -0.870. The van der Waals surface area contributed by atoms with E-state index in [1.807, 2.05) is 33.3 Å². The van der Waals surface area contributed by atoms with Gasteiger partial charge < -0.3 is 19.4 Å². The van der Waals surface area contributed by atoms with Gasteiger partial charge in [-0.15, -0.1) is 0 Å². The second-order valence-corrected chi connectivity index (χ2v) is 27.2. The molecule has 0 aromatic rings. The van der Waals surface area contributed by atoms with Crippen LogP contribution in [0.15, 0.2) is 48.6 Å². The minimum absolute atomic E-state index is 0.0410. The fourth-order valence-corrected chi connectivity index (χ4v) is 11.4. The third-order valence-electron chi connectivity index (χ3n) is 16.2. The van der Waals surface area contributed by atoms with Crippen LogP contribution in [0.25, 0.3) is 0 Å². The second-order valence-electron chi connectivity index (χ2n) is 25.8. The Hall–Kier alpha value is -2.03. The summed E-state index contributed by atoms with van der Waals surface area (Å²) in [6.45, 7) is 7.02. The van der Waals surface area contributed by atoms with Crippen molar-refractivity contribution in [3.8, 4) is 0 Å². The van der Waals surface area contributed by atoms with Crippen LogP contribution in [0.1, 0.15) is 355 Å². The Labute approximate surface area is 516 Å². The second kappa shape index (κ2) is 63.0. The average molecular weight is 1190 g/mol. The number of hydrogen-bond donors (Lipinski definition) is 2. The number of carbonyl (C=O) groups excluding carboxylic acids is 2. The Kier molecular flexibility index (Phi) is 61.5. The molecule has 0 aromatic carbocycles. The average Bonchev–Trinajstić information content (AvgIpc) is 3.51. The third kappa shape index (κ3) is 64.3. The Morgan fingerprint density at radius 3 is 1.12 bits per heavy atom. The van der Waals surface area contributed by atoms with Crippen molar-refractivity contribution in [3.63, 3.8) is 0 Å². The quantitative estimate of drug-likeness (QED) is 0.0205. The van der Waals surface area contributed by atoms with Crippen LogP contribution in [0, 0.1) is 0 Å². The summed E-state index contributed by atoms with van der Waals surface area (Å²) < 4.78 is 30.8. The number of hydrogen-bond acceptors (Lipinski definition) is 6. The molecular weight excluding hydrogens is 1050 g/mol. The number of rotatable bonds is 66. The standard InChI is InChI=1S/C73H139N2O7P/c1-7-10-13-16-19-22-25-27-29-31-33-34-35-36-37-38-39-40-42-43-45-47-50-53-56-59-62-65-72(76)74-70(69-81-83(78,79)80-68-67-75(4,5)6)71(64-61-58-55-52-49-24-21-18-15-12-9-3)82-73(77)66-63-60-57-54-51-48-46-44-41-32-30-28-26-23-20-17-14-11-8-2/h20,23,27-30,61,64,70-71H,7-19,21-22,24-26,31-60,62-63,65-69H2,1-6H3,(H-,74,76,78,79)/p+1/b23-20-,29-27+,30-28-,64-61-. The minimum Gasteiger partial charge on any atom is -0.456 e. The van der Waals surface area contributed by atoms with E-state index < -0.39 is 20.0 Å². The summed E-state index contributed by atoms with van der Waals surface area (Å²) in [6, 6.07) is -0.849. The number of allylic oxidation sites excluding steroid dienone is 7. The molecule has 9 nitrogen and oxygen atoms in total. The zero-order chi connectivity index (χ0) is 60.7. The lowest BCUT2D eigenvalue weighted by Gasteiger charge is -2.27. The number of amides is 1. The maximum absolute atomic E-state index is 13.6. The summed E-state index contributed by atoms with van der Waals surface area (Å²) in [4.78, 5) is 37.9. The molecule has 0 spiro atoms. The van der Waals surface area contributed by atoms with Gasteiger partial charge in [-0.3, -0.25) is 18.6 Å². The first kappa shape index (κ1) is 81.0. The molecule has 0 aliphatic heterocycles. The number of unbranched alkanes of at least 4 members (excludes halogenated alkanes) is 44. The van der Waals surface area contributed by atoms with E-state index in [4.69, 9.17) is 13.8 Å². The molecule has 1 amide bonds. The van der Waals surface area contributed by atoms with Crippen LogP contribution in [0.3, 0.4) is 0 Å². The van der Waals surface area contributed by atoms with Crippen molar-refractivity contribution in [2.75, 3.05) is 40.9 Å². The van der Waals surface area contributed by atoms with Crippen LogP contribution in [-0.2, 0) is 27.9 Å². The molecule has 3 atom stereocenters. The minimum atomic E-state index is -4.45. The molecule has 0 rings (SSSR count). The van der Waals surface area contributed by atoms with Crippen molar-refractivity contribution >= 4 is 19.7 Å². The van der Waals surface area contributed by atoms with Crippen LogP contribution in [-0.4, -0.2) is 74.3 Å². The molecule has 0 saturated carbocycles. The molecular formula is C73H140N2O7P+. The van der Waals surface area contributed by atoms with Crippen molar-refractivity contribution in [2.24, 2.45) is 0 Å². The van der Waals surface area contributed by atoms with Crippen molar-refractivity contribution < 1.29 is 37.3 Å². The van der Waals surface area contributed by atoms with Crippen LogP contribution in [0.5, 0.6) is 0 Å². The summed E-state index contributed by atoms with van der Waals surface area (Å²) >= 11 is 0. The van der Waals surface area contributed by atoms with Gasteiger partial charge in [0, 0.05) is 12.8 Å². The van der Waals surface area contributed by atoms with E-state index in [1.54, 1.807) is 0 Å². The first-order valence-electron chi connectivity index (χ1n) is 36.0. The van der Waals surface area contributed by atoms with E-state index in [-0.39, 0.29) is 31.5 Å². The summed E-state index contributed by atoms with van der Waals surface area (Å²) in [7, 11) is 1.51. The normalized spacial score (nSPS) is 13.8.